The van der Waals surface area contributed by atoms with E-state index >= 15 is 0 Å². The number of benzene rings is 3. The van der Waals surface area contributed by atoms with Crippen LogP contribution in [0.4, 0.5) is 24.5 Å². The Kier molecular flexibility index (Phi) is 8.18. The van der Waals surface area contributed by atoms with E-state index in [0.717, 1.165) is 23.9 Å². The Bertz CT molecular complexity index is 1460. The monoisotopic (exact) mass is 554 g/mol. The largest absolute Gasteiger partial charge is 0.417 e. The molecule has 3 aromatic carbocycles. The van der Waals surface area contributed by atoms with Gasteiger partial charge in [0.05, 0.1) is 32.3 Å². The quantitative estimate of drug-likeness (QED) is 0.240. The van der Waals surface area contributed by atoms with E-state index in [1.54, 1.807) is 6.92 Å². The second-order valence-electron chi connectivity index (χ2n) is 7.63. The number of aryl methyl sites for hydroxylation is 1. The minimum Gasteiger partial charge on any atom is -0.271 e. The van der Waals surface area contributed by atoms with Crippen molar-refractivity contribution in [2.45, 2.75) is 18.0 Å². The third-order valence-corrected chi connectivity index (χ3v) is 7.04. The van der Waals surface area contributed by atoms with Crippen LogP contribution >= 0.6 is 11.6 Å². The molecule has 0 saturated carbocycles. The number of anilines is 1. The molecule has 0 aliphatic heterocycles. The molecule has 194 valence electrons. The molecule has 0 bridgehead atoms. The first-order valence-electron chi connectivity index (χ1n) is 10.3. The number of nitro groups is 1. The van der Waals surface area contributed by atoms with Crippen LogP contribution in [-0.4, -0.2) is 32.0 Å². The van der Waals surface area contributed by atoms with Crippen LogP contribution in [0.15, 0.2) is 76.7 Å². The van der Waals surface area contributed by atoms with Crippen LogP contribution in [-0.2, 0) is 21.0 Å². The van der Waals surface area contributed by atoms with E-state index in [1.165, 1.54) is 48.5 Å². The average Bonchev–Trinajstić information content (AvgIpc) is 2.82. The van der Waals surface area contributed by atoms with Crippen LogP contribution in [0.5, 0.6) is 0 Å². The van der Waals surface area contributed by atoms with Crippen molar-refractivity contribution in [1.82, 2.24) is 5.43 Å². The van der Waals surface area contributed by atoms with Gasteiger partial charge in [-0.2, -0.15) is 18.3 Å². The summed E-state index contributed by atoms with van der Waals surface area (Å²) in [5, 5.41) is 13.9. The van der Waals surface area contributed by atoms with Gasteiger partial charge in [-0.25, -0.2) is 13.8 Å². The normalized spacial score (nSPS) is 11.9. The van der Waals surface area contributed by atoms with Crippen LogP contribution < -0.4 is 9.73 Å². The number of hydrazone groups is 1. The number of nitro benzene ring substituents is 1. The van der Waals surface area contributed by atoms with E-state index in [-0.39, 0.29) is 16.1 Å². The summed E-state index contributed by atoms with van der Waals surface area (Å²) in [4.78, 5) is 22.6. The Hall–Kier alpha value is -3.97. The van der Waals surface area contributed by atoms with Crippen LogP contribution in [0.25, 0.3) is 0 Å². The van der Waals surface area contributed by atoms with E-state index in [2.05, 4.69) is 10.5 Å². The fourth-order valence-corrected chi connectivity index (χ4v) is 4.74. The van der Waals surface area contributed by atoms with Crippen LogP contribution in [0.1, 0.15) is 16.7 Å². The van der Waals surface area contributed by atoms with Gasteiger partial charge < -0.3 is 0 Å². The molecule has 0 spiro atoms. The molecule has 14 heteroatoms. The number of halogens is 4. The van der Waals surface area contributed by atoms with Gasteiger partial charge >= 0.3 is 6.18 Å². The Morgan fingerprint density at radius 1 is 1.14 bits per heavy atom. The summed E-state index contributed by atoms with van der Waals surface area (Å²) in [6.07, 6.45) is -3.79. The van der Waals surface area contributed by atoms with Crippen molar-refractivity contribution in [3.63, 3.8) is 0 Å². The highest BCUT2D eigenvalue weighted by atomic mass is 35.5. The van der Waals surface area contributed by atoms with E-state index in [1.807, 2.05) is 0 Å². The smallest absolute Gasteiger partial charge is 0.271 e. The number of amides is 1. The van der Waals surface area contributed by atoms with Crippen molar-refractivity contribution in [2.24, 2.45) is 5.10 Å². The highest BCUT2D eigenvalue weighted by Gasteiger charge is 2.35. The number of sulfonamides is 1. The van der Waals surface area contributed by atoms with Crippen molar-refractivity contribution >= 4 is 45.1 Å². The van der Waals surface area contributed by atoms with E-state index in [9.17, 15) is 36.5 Å². The Morgan fingerprint density at radius 3 is 2.43 bits per heavy atom. The van der Waals surface area contributed by atoms with Crippen molar-refractivity contribution in [1.29, 1.82) is 0 Å². The summed E-state index contributed by atoms with van der Waals surface area (Å²) < 4.78 is 67.5. The molecule has 0 aliphatic rings. The molecule has 0 aromatic heterocycles. The number of rotatable bonds is 8. The van der Waals surface area contributed by atoms with Gasteiger partial charge in [0.25, 0.3) is 21.6 Å². The average molecular weight is 555 g/mol. The zero-order valence-electron chi connectivity index (χ0n) is 18.9. The van der Waals surface area contributed by atoms with Gasteiger partial charge in [0.1, 0.15) is 6.54 Å². The number of non-ortho nitro benzene ring substituents is 1. The maximum Gasteiger partial charge on any atom is 0.417 e. The summed E-state index contributed by atoms with van der Waals surface area (Å²) in [6, 6.07) is 13.3. The molecule has 0 unspecified atom stereocenters. The second kappa shape index (κ2) is 11.0. The maximum atomic E-state index is 13.4. The predicted octanol–water partition coefficient (Wildman–Crippen LogP) is 4.92. The highest BCUT2D eigenvalue weighted by molar-refractivity contribution is 7.92. The molecule has 1 amide bonds. The van der Waals surface area contributed by atoms with Crippen molar-refractivity contribution < 1.29 is 31.3 Å². The molecule has 0 aliphatic carbocycles. The van der Waals surface area contributed by atoms with Crippen LogP contribution in [0.3, 0.4) is 0 Å². The minimum atomic E-state index is -4.88. The van der Waals surface area contributed by atoms with E-state index in [0.29, 0.717) is 10.4 Å². The fourth-order valence-electron chi connectivity index (χ4n) is 3.10. The fraction of sp³-hybridized carbons (Fsp3) is 0.130. The van der Waals surface area contributed by atoms with E-state index < -0.39 is 49.8 Å². The van der Waals surface area contributed by atoms with Gasteiger partial charge in [-0.15, -0.1) is 0 Å². The van der Waals surface area contributed by atoms with Crippen LogP contribution in [0, 0.1) is 17.0 Å². The molecule has 1 N–H and O–H groups in total. The van der Waals surface area contributed by atoms with Gasteiger partial charge in [0, 0.05) is 17.7 Å². The predicted molar refractivity (Wildman–Crippen MR) is 131 cm³/mol. The molecule has 9 nitrogen and oxygen atoms in total. The lowest BCUT2D eigenvalue weighted by molar-refractivity contribution is -0.384. The number of nitrogens with one attached hydrogen (secondary N) is 1. The SMILES string of the molecule is Cc1ccc(S(=O)(=O)N(CC(=O)N/N=C\c2cccc([N+](=O)[O-])c2)c2ccc(Cl)c(C(F)(F)F)c2)cc1. The molecule has 0 fully saturated rings. The topological polar surface area (TPSA) is 122 Å². The third kappa shape index (κ3) is 6.83. The standard InChI is InChI=1S/C23H18ClF3N4O5S/c1-15-5-8-19(9-6-15)37(35,36)30(17-7-10-21(24)20(12-17)23(25,26)27)14-22(32)29-28-13-16-3-2-4-18(11-16)31(33)34/h2-13H,14H2,1H3,(H,29,32)/b28-13-. The van der Waals surface area contributed by atoms with Gasteiger partial charge in [-0.05, 0) is 37.3 Å². The van der Waals surface area contributed by atoms with E-state index in [4.69, 9.17) is 11.6 Å². The maximum absolute atomic E-state index is 13.4. The highest BCUT2D eigenvalue weighted by Crippen LogP contribution is 2.38. The molecule has 3 rings (SSSR count). The van der Waals surface area contributed by atoms with Crippen molar-refractivity contribution in [3.05, 3.63) is 98.6 Å². The van der Waals surface area contributed by atoms with Gasteiger partial charge in [0.2, 0.25) is 0 Å². The zero-order valence-corrected chi connectivity index (χ0v) is 20.5. The Balaban J connectivity index is 1.93. The van der Waals surface area contributed by atoms with Gasteiger partial charge in [-0.3, -0.25) is 19.2 Å². The molecular formula is C23H18ClF3N4O5S. The zero-order chi connectivity index (χ0) is 27.4. The number of carbonyl (C=O) groups excluding carboxylic acids is 1. The first kappa shape index (κ1) is 27.6. The summed E-state index contributed by atoms with van der Waals surface area (Å²) >= 11 is 5.67. The number of hydrogen-bond donors (Lipinski definition) is 1. The van der Waals surface area contributed by atoms with Crippen LogP contribution in [0.2, 0.25) is 5.02 Å². The lowest BCUT2D eigenvalue weighted by Gasteiger charge is -2.25. The molecule has 3 aromatic rings. The third-order valence-electron chi connectivity index (χ3n) is 4.92. The first-order chi connectivity index (χ1) is 17.3. The summed E-state index contributed by atoms with van der Waals surface area (Å²) in [6.45, 7) is 0.789. The first-order valence-corrected chi connectivity index (χ1v) is 12.1. The second-order valence-corrected chi connectivity index (χ2v) is 9.90. The number of nitrogens with zero attached hydrogens (tertiary/aromatic N) is 3. The number of carbonyl (C=O) groups is 1. The molecule has 0 saturated heterocycles. The molecule has 0 radical (unpaired) electrons. The molecule has 0 heterocycles. The minimum absolute atomic E-state index is 0.214. The number of hydrogen-bond acceptors (Lipinski definition) is 6. The lowest BCUT2D eigenvalue weighted by atomic mass is 10.2. The summed E-state index contributed by atoms with van der Waals surface area (Å²) in [7, 11) is -4.50. The molecule has 37 heavy (non-hydrogen) atoms. The summed E-state index contributed by atoms with van der Waals surface area (Å²) in [5.41, 5.74) is 1.14. The molecular weight excluding hydrogens is 537 g/mol. The Morgan fingerprint density at radius 2 is 1.81 bits per heavy atom. The number of alkyl halides is 3. The summed E-state index contributed by atoms with van der Waals surface area (Å²) in [5.74, 6) is -0.985. The lowest BCUT2D eigenvalue weighted by Crippen LogP contribution is -2.39. The van der Waals surface area contributed by atoms with Gasteiger partial charge in [0.15, 0.2) is 0 Å². The van der Waals surface area contributed by atoms with Gasteiger partial charge in [-0.1, -0.05) is 41.4 Å². The Labute approximate surface area is 214 Å². The van der Waals surface area contributed by atoms with Crippen molar-refractivity contribution in [3.8, 4) is 0 Å². The van der Waals surface area contributed by atoms with Crippen molar-refractivity contribution in [2.75, 3.05) is 10.8 Å². The molecule has 0 atom stereocenters.